The van der Waals surface area contributed by atoms with Crippen LogP contribution in [0.4, 0.5) is 0 Å². The molecule has 0 radical (unpaired) electrons. The van der Waals surface area contributed by atoms with Crippen LogP contribution in [0.25, 0.3) is 109 Å². The molecule has 11 aromatic rings. The summed E-state index contributed by atoms with van der Waals surface area (Å²) in [6.45, 7) is 0. The van der Waals surface area contributed by atoms with Crippen LogP contribution >= 0.6 is 11.3 Å². The summed E-state index contributed by atoms with van der Waals surface area (Å²) in [6.07, 6.45) is 0. The molecule has 0 aliphatic carbocycles. The maximum atomic E-state index is 6.62. The van der Waals surface area contributed by atoms with E-state index in [2.05, 4.69) is 91.0 Å². The topological polar surface area (TPSA) is 65.0 Å². The summed E-state index contributed by atoms with van der Waals surface area (Å²) in [4.78, 5) is 15.3. The van der Waals surface area contributed by atoms with Crippen LogP contribution in [-0.2, 0) is 0 Å². The number of rotatable bonds is 4. The fourth-order valence-corrected chi connectivity index (χ4v) is 8.53. The highest BCUT2D eigenvalue weighted by Gasteiger charge is 2.20. The smallest absolute Gasteiger partial charge is 0.167 e. The first-order valence-corrected chi connectivity index (χ1v) is 17.7. The van der Waals surface area contributed by atoms with Gasteiger partial charge in [-0.3, -0.25) is 0 Å². The Morgan fingerprint density at radius 3 is 1.92 bits per heavy atom. The lowest BCUT2D eigenvalue weighted by molar-refractivity contribution is 0.669. The summed E-state index contributed by atoms with van der Waals surface area (Å²) in [6, 6.07) is 52.1. The number of para-hydroxylation sites is 2. The zero-order valence-corrected chi connectivity index (χ0v) is 27.8. The van der Waals surface area contributed by atoms with Crippen molar-refractivity contribution >= 4 is 75.4 Å². The average molecular weight is 672 g/mol. The molecule has 6 heteroatoms. The van der Waals surface area contributed by atoms with E-state index in [0.29, 0.717) is 17.5 Å². The molecular formula is C45H25N3O2S. The molecule has 51 heavy (non-hydrogen) atoms. The SMILES string of the molecule is c1ccc(-c2nc(-c3cccc4c3oc3ccc(-c5ccc6c(c5)oc5ccccc56)cc34)nc(-c3cccc4c3sc3ccccc34)n2)cc1. The summed E-state index contributed by atoms with van der Waals surface area (Å²) >= 11 is 1.77. The quantitative estimate of drug-likeness (QED) is 0.186. The fourth-order valence-electron chi connectivity index (χ4n) is 7.32. The first kappa shape index (κ1) is 28.2. The van der Waals surface area contributed by atoms with Crippen LogP contribution in [-0.4, -0.2) is 15.0 Å². The molecule has 0 amide bonds. The Morgan fingerprint density at radius 2 is 1.02 bits per heavy atom. The second-order valence-electron chi connectivity index (χ2n) is 12.8. The van der Waals surface area contributed by atoms with E-state index < -0.39 is 0 Å². The number of furan rings is 2. The minimum absolute atomic E-state index is 0.567. The summed E-state index contributed by atoms with van der Waals surface area (Å²) in [5.41, 5.74) is 8.21. The highest BCUT2D eigenvalue weighted by atomic mass is 32.1. The number of aromatic nitrogens is 3. The van der Waals surface area contributed by atoms with Crippen LogP contribution < -0.4 is 0 Å². The van der Waals surface area contributed by atoms with Crippen molar-refractivity contribution in [2.24, 2.45) is 0 Å². The highest BCUT2D eigenvalue weighted by molar-refractivity contribution is 7.26. The van der Waals surface area contributed by atoms with Gasteiger partial charge in [-0.1, -0.05) is 103 Å². The van der Waals surface area contributed by atoms with Gasteiger partial charge >= 0.3 is 0 Å². The van der Waals surface area contributed by atoms with Gasteiger partial charge in [-0.2, -0.15) is 0 Å². The van der Waals surface area contributed by atoms with Crippen LogP contribution in [0.15, 0.2) is 160 Å². The molecular weight excluding hydrogens is 647 g/mol. The molecule has 7 aromatic carbocycles. The molecule has 0 aliphatic heterocycles. The monoisotopic (exact) mass is 671 g/mol. The average Bonchev–Trinajstić information content (AvgIpc) is 3.88. The maximum Gasteiger partial charge on any atom is 0.167 e. The van der Waals surface area contributed by atoms with E-state index in [1.165, 1.54) is 15.5 Å². The van der Waals surface area contributed by atoms with Gasteiger partial charge in [-0.15, -0.1) is 11.3 Å². The molecule has 0 bridgehead atoms. The number of nitrogens with zero attached hydrogens (tertiary/aromatic N) is 3. The van der Waals surface area contributed by atoms with Gasteiger partial charge in [0, 0.05) is 52.8 Å². The lowest BCUT2D eigenvalue weighted by Gasteiger charge is -2.09. The Morgan fingerprint density at radius 1 is 0.373 bits per heavy atom. The summed E-state index contributed by atoms with van der Waals surface area (Å²) in [5.74, 6) is 1.81. The van der Waals surface area contributed by atoms with E-state index in [1.807, 2.05) is 60.7 Å². The zero-order chi connectivity index (χ0) is 33.5. The third kappa shape index (κ3) is 4.43. The minimum atomic E-state index is 0.567. The second kappa shape index (κ2) is 10.9. The van der Waals surface area contributed by atoms with E-state index in [-0.39, 0.29) is 0 Å². The molecule has 0 spiro atoms. The van der Waals surface area contributed by atoms with Gasteiger partial charge < -0.3 is 8.83 Å². The highest BCUT2D eigenvalue weighted by Crippen LogP contribution is 2.41. The van der Waals surface area contributed by atoms with Crippen molar-refractivity contribution in [1.29, 1.82) is 0 Å². The van der Waals surface area contributed by atoms with Crippen LogP contribution in [0, 0.1) is 0 Å². The van der Waals surface area contributed by atoms with E-state index in [9.17, 15) is 0 Å². The summed E-state index contributed by atoms with van der Waals surface area (Å²) in [7, 11) is 0. The predicted molar refractivity (Wildman–Crippen MR) is 209 cm³/mol. The van der Waals surface area contributed by atoms with Crippen LogP contribution in [0.2, 0.25) is 0 Å². The third-order valence-corrected chi connectivity index (χ3v) is 11.0. The van der Waals surface area contributed by atoms with Gasteiger partial charge in [0.25, 0.3) is 0 Å². The van der Waals surface area contributed by atoms with Crippen LogP contribution in [0.1, 0.15) is 0 Å². The van der Waals surface area contributed by atoms with Gasteiger partial charge in [0.15, 0.2) is 17.5 Å². The van der Waals surface area contributed by atoms with Crippen molar-refractivity contribution in [2.45, 2.75) is 0 Å². The Labute approximate surface area is 295 Å². The van der Waals surface area contributed by atoms with Gasteiger partial charge in [0.1, 0.15) is 22.3 Å². The van der Waals surface area contributed by atoms with Crippen molar-refractivity contribution < 1.29 is 8.83 Å². The Hall–Kier alpha value is -6.63. The van der Waals surface area contributed by atoms with E-state index in [0.717, 1.165) is 76.4 Å². The minimum Gasteiger partial charge on any atom is -0.456 e. The molecule has 238 valence electrons. The standard InChI is InChI=1S/C45H25N3O2S/c1-2-10-26(11-3-1)43-46-44(48-45(47-43)35-17-9-15-33-31-13-5-7-19-40(31)51-42(33)35)34-16-8-14-32-36-24-27(21-23-38(36)50-41(32)34)28-20-22-30-29-12-4-6-18-37(29)49-39(30)25-28/h1-25H. The number of thiophene rings is 1. The number of fused-ring (bicyclic) bond motifs is 9. The molecule has 0 unspecified atom stereocenters. The van der Waals surface area contributed by atoms with Gasteiger partial charge in [0.2, 0.25) is 0 Å². The normalized spacial score (nSPS) is 11.9. The van der Waals surface area contributed by atoms with Gasteiger partial charge in [-0.25, -0.2) is 15.0 Å². The molecule has 0 saturated carbocycles. The van der Waals surface area contributed by atoms with Crippen molar-refractivity contribution in [3.8, 4) is 45.3 Å². The third-order valence-electron chi connectivity index (χ3n) is 9.76. The first-order valence-electron chi connectivity index (χ1n) is 16.8. The summed E-state index contributed by atoms with van der Waals surface area (Å²) < 4.78 is 15.2. The first-order chi connectivity index (χ1) is 25.2. The molecule has 0 N–H and O–H groups in total. The fraction of sp³-hybridized carbons (Fsp3) is 0. The van der Waals surface area contributed by atoms with Crippen molar-refractivity contribution in [3.05, 3.63) is 152 Å². The molecule has 4 heterocycles. The van der Waals surface area contributed by atoms with Gasteiger partial charge in [0.05, 0.1) is 5.56 Å². The van der Waals surface area contributed by atoms with E-state index in [1.54, 1.807) is 11.3 Å². The largest absolute Gasteiger partial charge is 0.456 e. The molecule has 0 aliphatic rings. The molecule has 0 fully saturated rings. The van der Waals surface area contributed by atoms with Crippen molar-refractivity contribution in [2.75, 3.05) is 0 Å². The predicted octanol–water partition coefficient (Wildman–Crippen LogP) is 12.7. The zero-order valence-electron chi connectivity index (χ0n) is 27.0. The Kier molecular flexibility index (Phi) is 6.05. The van der Waals surface area contributed by atoms with Crippen molar-refractivity contribution in [3.63, 3.8) is 0 Å². The molecule has 0 atom stereocenters. The molecule has 11 rings (SSSR count). The maximum absolute atomic E-state index is 6.62. The molecule has 0 saturated heterocycles. The molecule has 4 aromatic heterocycles. The Bertz CT molecular complexity index is 3160. The van der Waals surface area contributed by atoms with Crippen molar-refractivity contribution in [1.82, 2.24) is 15.0 Å². The number of hydrogen-bond acceptors (Lipinski definition) is 6. The lowest BCUT2D eigenvalue weighted by atomic mass is 10.0. The number of hydrogen-bond donors (Lipinski definition) is 0. The molecule has 5 nitrogen and oxygen atoms in total. The van der Waals surface area contributed by atoms with Gasteiger partial charge in [-0.05, 0) is 59.7 Å². The van der Waals surface area contributed by atoms with Crippen LogP contribution in [0.3, 0.4) is 0 Å². The van der Waals surface area contributed by atoms with E-state index >= 15 is 0 Å². The number of benzene rings is 7. The van der Waals surface area contributed by atoms with Crippen LogP contribution in [0.5, 0.6) is 0 Å². The lowest BCUT2D eigenvalue weighted by Crippen LogP contribution is -2.00. The second-order valence-corrected chi connectivity index (χ2v) is 13.8. The van der Waals surface area contributed by atoms with E-state index in [4.69, 9.17) is 23.8 Å². The summed E-state index contributed by atoms with van der Waals surface area (Å²) in [5, 5.41) is 6.71. The Balaban J connectivity index is 1.09.